The molecule has 0 saturated carbocycles. The number of carbonyl (C=O) groups excluding carboxylic acids is 1. The van der Waals surface area contributed by atoms with E-state index in [1.807, 2.05) is 18.2 Å². The third kappa shape index (κ3) is 2.48. The fraction of sp³-hybridized carbons (Fsp3) is 0.0714. The van der Waals surface area contributed by atoms with E-state index < -0.39 is 5.82 Å². The Morgan fingerprint density at radius 3 is 2.44 bits per heavy atom. The minimum Gasteiger partial charge on any atom is -0.399 e. The molecule has 0 aliphatic heterocycles. The largest absolute Gasteiger partial charge is 0.399 e. The highest BCUT2D eigenvalue weighted by Crippen LogP contribution is 2.17. The van der Waals surface area contributed by atoms with Crippen molar-refractivity contribution in [3.8, 4) is 0 Å². The van der Waals surface area contributed by atoms with Gasteiger partial charge in [-0.15, -0.1) is 0 Å². The zero-order chi connectivity index (χ0) is 13.1. The highest BCUT2D eigenvalue weighted by atomic mass is 19.1. The van der Waals surface area contributed by atoms with Crippen LogP contribution in [0, 0.1) is 5.82 Å². The molecular formula is C14H13FN2O. The standard InChI is InChI=1S/C14H13FN2O/c1-17(13-5-3-2-4-6-13)14(18)10-7-11(15)9-12(16)8-10/h2-9H,16H2,1H3. The van der Waals surface area contributed by atoms with Crippen molar-refractivity contribution in [1.29, 1.82) is 0 Å². The number of benzene rings is 2. The Balaban J connectivity index is 2.31. The van der Waals surface area contributed by atoms with Crippen molar-refractivity contribution in [3.05, 3.63) is 59.9 Å². The second-order valence-electron chi connectivity index (χ2n) is 3.97. The van der Waals surface area contributed by atoms with Gasteiger partial charge in [-0.1, -0.05) is 18.2 Å². The number of hydrogen-bond acceptors (Lipinski definition) is 2. The fourth-order valence-corrected chi connectivity index (χ4v) is 1.70. The summed E-state index contributed by atoms with van der Waals surface area (Å²) in [5.41, 5.74) is 6.74. The van der Waals surface area contributed by atoms with Gasteiger partial charge in [-0.3, -0.25) is 4.79 Å². The molecule has 0 saturated heterocycles. The van der Waals surface area contributed by atoms with Gasteiger partial charge in [0.05, 0.1) is 0 Å². The first-order valence-electron chi connectivity index (χ1n) is 5.47. The minimum atomic E-state index is -0.514. The Bertz CT molecular complexity index is 549. The highest BCUT2D eigenvalue weighted by Gasteiger charge is 2.14. The van der Waals surface area contributed by atoms with Crippen LogP contribution in [0.15, 0.2) is 48.5 Å². The van der Waals surface area contributed by atoms with Crippen LogP contribution >= 0.6 is 0 Å². The van der Waals surface area contributed by atoms with Crippen molar-refractivity contribution in [1.82, 2.24) is 0 Å². The molecular weight excluding hydrogens is 231 g/mol. The molecule has 18 heavy (non-hydrogen) atoms. The van der Waals surface area contributed by atoms with Crippen LogP contribution in [0.3, 0.4) is 0 Å². The van der Waals surface area contributed by atoms with Crippen LogP contribution in [-0.2, 0) is 0 Å². The lowest BCUT2D eigenvalue weighted by Crippen LogP contribution is -2.26. The van der Waals surface area contributed by atoms with E-state index in [0.29, 0.717) is 0 Å². The predicted molar refractivity (Wildman–Crippen MR) is 70.0 cm³/mol. The van der Waals surface area contributed by atoms with Crippen LogP contribution in [0.1, 0.15) is 10.4 Å². The first-order chi connectivity index (χ1) is 8.58. The molecule has 2 rings (SSSR count). The topological polar surface area (TPSA) is 46.3 Å². The van der Waals surface area contributed by atoms with Gasteiger partial charge in [-0.2, -0.15) is 0 Å². The van der Waals surface area contributed by atoms with Crippen molar-refractivity contribution in [2.24, 2.45) is 0 Å². The number of carbonyl (C=O) groups is 1. The lowest BCUT2D eigenvalue weighted by molar-refractivity contribution is 0.0992. The van der Waals surface area contributed by atoms with Gasteiger partial charge in [-0.25, -0.2) is 4.39 Å². The molecule has 1 amide bonds. The van der Waals surface area contributed by atoms with Crippen molar-refractivity contribution in [2.75, 3.05) is 17.7 Å². The third-order valence-corrected chi connectivity index (χ3v) is 2.62. The van der Waals surface area contributed by atoms with Crippen molar-refractivity contribution < 1.29 is 9.18 Å². The van der Waals surface area contributed by atoms with Gasteiger partial charge in [0.2, 0.25) is 0 Å². The van der Waals surface area contributed by atoms with Gasteiger partial charge in [-0.05, 0) is 30.3 Å². The van der Waals surface area contributed by atoms with Crippen LogP contribution in [0.25, 0.3) is 0 Å². The molecule has 0 radical (unpaired) electrons. The summed E-state index contributed by atoms with van der Waals surface area (Å²) in [5.74, 6) is -0.813. The van der Waals surface area contributed by atoms with E-state index in [-0.39, 0.29) is 17.2 Å². The molecule has 0 bridgehead atoms. The van der Waals surface area contributed by atoms with Gasteiger partial charge in [0.1, 0.15) is 5.82 Å². The van der Waals surface area contributed by atoms with E-state index >= 15 is 0 Å². The first-order valence-corrected chi connectivity index (χ1v) is 5.47. The van der Waals surface area contributed by atoms with E-state index in [1.54, 1.807) is 19.2 Å². The zero-order valence-corrected chi connectivity index (χ0v) is 9.93. The molecule has 2 aromatic rings. The molecule has 0 aliphatic carbocycles. The van der Waals surface area contributed by atoms with E-state index in [4.69, 9.17) is 5.73 Å². The van der Waals surface area contributed by atoms with E-state index in [9.17, 15) is 9.18 Å². The summed E-state index contributed by atoms with van der Waals surface area (Å²) in [4.78, 5) is 13.6. The normalized spacial score (nSPS) is 10.1. The second kappa shape index (κ2) is 4.87. The monoisotopic (exact) mass is 244 g/mol. The molecule has 3 nitrogen and oxygen atoms in total. The van der Waals surface area contributed by atoms with Crippen LogP contribution in [0.5, 0.6) is 0 Å². The fourth-order valence-electron chi connectivity index (χ4n) is 1.70. The highest BCUT2D eigenvalue weighted by molar-refractivity contribution is 6.06. The van der Waals surface area contributed by atoms with Crippen molar-refractivity contribution >= 4 is 17.3 Å². The summed E-state index contributed by atoms with van der Waals surface area (Å²) in [6.07, 6.45) is 0. The molecule has 2 N–H and O–H groups in total. The number of anilines is 2. The van der Waals surface area contributed by atoms with E-state index in [0.717, 1.165) is 5.69 Å². The van der Waals surface area contributed by atoms with Gasteiger partial charge < -0.3 is 10.6 Å². The van der Waals surface area contributed by atoms with Gasteiger partial charge in [0.15, 0.2) is 0 Å². The van der Waals surface area contributed by atoms with Crippen LogP contribution in [0.4, 0.5) is 15.8 Å². The second-order valence-corrected chi connectivity index (χ2v) is 3.97. The summed E-state index contributed by atoms with van der Waals surface area (Å²) >= 11 is 0. The molecule has 0 atom stereocenters. The summed E-state index contributed by atoms with van der Waals surface area (Å²) in [6, 6.07) is 13.0. The number of rotatable bonds is 2. The SMILES string of the molecule is CN(C(=O)c1cc(N)cc(F)c1)c1ccccc1. The lowest BCUT2D eigenvalue weighted by atomic mass is 10.1. The third-order valence-electron chi connectivity index (χ3n) is 2.62. The van der Waals surface area contributed by atoms with Crippen molar-refractivity contribution in [3.63, 3.8) is 0 Å². The Kier molecular flexibility index (Phi) is 3.28. The number of nitrogen functional groups attached to an aromatic ring is 1. The Morgan fingerprint density at radius 2 is 1.83 bits per heavy atom. The predicted octanol–water partition coefficient (Wildman–Crippen LogP) is 2.68. The number of nitrogens with two attached hydrogens (primary N) is 1. The number of hydrogen-bond donors (Lipinski definition) is 1. The maximum Gasteiger partial charge on any atom is 0.258 e. The molecule has 0 heterocycles. The maximum absolute atomic E-state index is 13.2. The summed E-state index contributed by atoms with van der Waals surface area (Å²) in [7, 11) is 1.64. The van der Waals surface area contributed by atoms with Crippen molar-refractivity contribution in [2.45, 2.75) is 0 Å². The average molecular weight is 244 g/mol. The van der Waals surface area contributed by atoms with Crippen LogP contribution in [0.2, 0.25) is 0 Å². The summed E-state index contributed by atoms with van der Waals surface area (Å²) in [6.45, 7) is 0. The quantitative estimate of drug-likeness (QED) is 0.825. The van der Waals surface area contributed by atoms with E-state index in [1.165, 1.54) is 23.1 Å². The smallest absolute Gasteiger partial charge is 0.258 e. The van der Waals surface area contributed by atoms with Gasteiger partial charge in [0, 0.05) is 24.0 Å². The van der Waals surface area contributed by atoms with Gasteiger partial charge >= 0.3 is 0 Å². The summed E-state index contributed by atoms with van der Waals surface area (Å²) < 4.78 is 13.2. The Morgan fingerprint density at radius 1 is 1.17 bits per heavy atom. The molecule has 92 valence electrons. The molecule has 4 heteroatoms. The number of para-hydroxylation sites is 1. The lowest BCUT2D eigenvalue weighted by Gasteiger charge is -2.17. The summed E-state index contributed by atoms with van der Waals surface area (Å²) in [5, 5.41) is 0. The minimum absolute atomic E-state index is 0.235. The molecule has 0 aliphatic rings. The first kappa shape index (κ1) is 12.1. The zero-order valence-electron chi connectivity index (χ0n) is 9.93. The van der Waals surface area contributed by atoms with Crippen LogP contribution in [-0.4, -0.2) is 13.0 Å². The Hall–Kier alpha value is -2.36. The van der Waals surface area contributed by atoms with Crippen LogP contribution < -0.4 is 10.6 Å². The van der Waals surface area contributed by atoms with E-state index in [2.05, 4.69) is 0 Å². The van der Waals surface area contributed by atoms with Gasteiger partial charge in [0.25, 0.3) is 5.91 Å². The molecule has 0 fully saturated rings. The molecule has 2 aromatic carbocycles. The average Bonchev–Trinajstić information content (AvgIpc) is 2.37. The maximum atomic E-state index is 13.2. The number of nitrogens with zero attached hydrogens (tertiary/aromatic N) is 1. The number of halogens is 1. The number of amides is 1. The molecule has 0 unspecified atom stereocenters. The molecule has 0 spiro atoms. The molecule has 0 aromatic heterocycles. The Labute approximate surface area is 105 Å².